The number of carbonyl (C=O) groups is 1. The molecule has 1 aliphatic carbocycles. The second-order valence-corrected chi connectivity index (χ2v) is 6.37. The molecule has 1 atom stereocenters. The van der Waals surface area contributed by atoms with E-state index in [1.165, 1.54) is 30.4 Å². The molecule has 1 aromatic carbocycles. The minimum absolute atomic E-state index is 0.124. The first-order valence-electron chi connectivity index (χ1n) is 7.18. The number of alkyl halides is 1. The van der Waals surface area contributed by atoms with Crippen LogP contribution < -0.4 is 4.90 Å². The van der Waals surface area contributed by atoms with Crippen LogP contribution in [0.4, 0.5) is 5.69 Å². The first kappa shape index (κ1) is 13.0. The third-order valence-electron chi connectivity index (χ3n) is 4.57. The number of nitrogens with zero attached hydrogens (tertiary/aromatic N) is 1. The number of fused-ring (bicyclic) bond motifs is 1. The van der Waals surface area contributed by atoms with Crippen LogP contribution in [0.3, 0.4) is 0 Å². The molecule has 1 aromatic rings. The smallest absolute Gasteiger partial charge is 0.227 e. The summed E-state index contributed by atoms with van der Waals surface area (Å²) in [6.45, 7) is 0. The molecule has 19 heavy (non-hydrogen) atoms. The molecule has 3 rings (SSSR count). The van der Waals surface area contributed by atoms with Gasteiger partial charge >= 0.3 is 0 Å². The molecule has 0 bridgehead atoms. The van der Waals surface area contributed by atoms with Crippen molar-refractivity contribution in [3.8, 4) is 0 Å². The van der Waals surface area contributed by atoms with Crippen molar-refractivity contribution in [1.29, 1.82) is 0 Å². The number of benzene rings is 1. The third kappa shape index (κ3) is 2.51. The summed E-state index contributed by atoms with van der Waals surface area (Å²) in [5.41, 5.74) is 3.53. The molecular formula is C16H20ClNO. The van der Waals surface area contributed by atoms with Crippen LogP contribution in [0.1, 0.15) is 48.6 Å². The lowest BCUT2D eigenvalue weighted by atomic mass is 9.81. The highest BCUT2D eigenvalue weighted by molar-refractivity contribution is 6.20. The van der Waals surface area contributed by atoms with E-state index in [9.17, 15) is 4.79 Å². The fourth-order valence-corrected chi connectivity index (χ4v) is 3.42. The van der Waals surface area contributed by atoms with Gasteiger partial charge in [-0.3, -0.25) is 4.79 Å². The fraction of sp³-hybridized carbons (Fsp3) is 0.562. The number of halogens is 1. The summed E-state index contributed by atoms with van der Waals surface area (Å²) in [6, 6.07) is 6.34. The number of aryl methyl sites for hydroxylation is 1. The van der Waals surface area contributed by atoms with Gasteiger partial charge in [0.2, 0.25) is 5.91 Å². The molecule has 1 aliphatic heterocycles. The maximum absolute atomic E-state index is 11.7. The molecule has 0 aromatic heterocycles. The van der Waals surface area contributed by atoms with Crippen LogP contribution in [0.2, 0.25) is 0 Å². The molecule has 0 saturated heterocycles. The minimum Gasteiger partial charge on any atom is -0.315 e. The van der Waals surface area contributed by atoms with E-state index in [0.717, 1.165) is 24.4 Å². The number of rotatable bonds is 3. The number of amides is 1. The molecule has 3 heteroatoms. The zero-order valence-corrected chi connectivity index (χ0v) is 12.1. The third-order valence-corrected chi connectivity index (χ3v) is 5.00. The average Bonchev–Trinajstić information content (AvgIpc) is 2.37. The SMILES string of the molecule is CN1C(=O)CCc2cc(C(Cl)CC3CCC3)ccc21. The molecule has 0 N–H and O–H groups in total. The highest BCUT2D eigenvalue weighted by Gasteiger charge is 2.24. The van der Waals surface area contributed by atoms with Gasteiger partial charge in [-0.25, -0.2) is 0 Å². The molecule has 1 heterocycles. The van der Waals surface area contributed by atoms with Crippen LogP contribution in [-0.4, -0.2) is 13.0 Å². The van der Waals surface area contributed by atoms with Gasteiger partial charge in [0.1, 0.15) is 0 Å². The molecule has 2 nitrogen and oxygen atoms in total. The summed E-state index contributed by atoms with van der Waals surface area (Å²) in [4.78, 5) is 13.4. The van der Waals surface area contributed by atoms with E-state index in [-0.39, 0.29) is 11.3 Å². The van der Waals surface area contributed by atoms with E-state index < -0.39 is 0 Å². The number of hydrogen-bond acceptors (Lipinski definition) is 1. The Bertz CT molecular complexity index is 496. The summed E-state index contributed by atoms with van der Waals surface area (Å²) < 4.78 is 0. The Hall–Kier alpha value is -1.02. The van der Waals surface area contributed by atoms with Gasteiger partial charge in [0, 0.05) is 19.2 Å². The standard InChI is InChI=1S/C16H20ClNO/c1-18-15-7-5-12(10-13(15)6-8-16(18)19)14(17)9-11-3-2-4-11/h5,7,10-11,14H,2-4,6,8-9H2,1H3. The summed E-state index contributed by atoms with van der Waals surface area (Å²) in [7, 11) is 1.85. The Morgan fingerprint density at radius 2 is 2.16 bits per heavy atom. The van der Waals surface area contributed by atoms with Crippen molar-refractivity contribution < 1.29 is 4.79 Å². The molecule has 102 valence electrons. The topological polar surface area (TPSA) is 20.3 Å². The van der Waals surface area contributed by atoms with Gasteiger partial charge in [-0.2, -0.15) is 0 Å². The highest BCUT2D eigenvalue weighted by Crippen LogP contribution is 2.39. The summed E-state index contributed by atoms with van der Waals surface area (Å²) >= 11 is 6.54. The Morgan fingerprint density at radius 1 is 1.37 bits per heavy atom. The molecule has 1 fully saturated rings. The number of anilines is 1. The Balaban J connectivity index is 1.78. The summed E-state index contributed by atoms with van der Waals surface area (Å²) in [6.07, 6.45) is 6.60. The largest absolute Gasteiger partial charge is 0.315 e. The van der Waals surface area contributed by atoms with Crippen LogP contribution in [0, 0.1) is 5.92 Å². The van der Waals surface area contributed by atoms with E-state index in [1.54, 1.807) is 4.90 Å². The molecule has 0 spiro atoms. The van der Waals surface area contributed by atoms with Crippen molar-refractivity contribution in [3.05, 3.63) is 29.3 Å². The van der Waals surface area contributed by atoms with Crippen molar-refractivity contribution in [3.63, 3.8) is 0 Å². The maximum Gasteiger partial charge on any atom is 0.227 e. The highest BCUT2D eigenvalue weighted by atomic mass is 35.5. The van der Waals surface area contributed by atoms with Gasteiger partial charge in [-0.15, -0.1) is 11.6 Å². The van der Waals surface area contributed by atoms with Gasteiger partial charge in [-0.1, -0.05) is 31.4 Å². The predicted molar refractivity (Wildman–Crippen MR) is 78.7 cm³/mol. The van der Waals surface area contributed by atoms with Crippen molar-refractivity contribution in [2.75, 3.05) is 11.9 Å². The maximum atomic E-state index is 11.7. The second kappa shape index (κ2) is 5.16. The molecule has 1 saturated carbocycles. The zero-order valence-electron chi connectivity index (χ0n) is 11.4. The zero-order chi connectivity index (χ0) is 13.4. The van der Waals surface area contributed by atoms with Crippen LogP contribution in [0.15, 0.2) is 18.2 Å². The van der Waals surface area contributed by atoms with Crippen LogP contribution >= 0.6 is 11.6 Å². The van der Waals surface area contributed by atoms with Crippen molar-refractivity contribution in [2.45, 2.75) is 43.9 Å². The van der Waals surface area contributed by atoms with Gasteiger partial charge in [0.25, 0.3) is 0 Å². The van der Waals surface area contributed by atoms with E-state index in [2.05, 4.69) is 18.2 Å². The lowest BCUT2D eigenvalue weighted by Gasteiger charge is -2.29. The second-order valence-electron chi connectivity index (χ2n) is 5.84. The van der Waals surface area contributed by atoms with Crippen LogP contribution in [0.25, 0.3) is 0 Å². The molecule has 2 aliphatic rings. The van der Waals surface area contributed by atoms with Gasteiger partial charge in [0.05, 0.1) is 5.38 Å². The van der Waals surface area contributed by atoms with E-state index in [0.29, 0.717) is 6.42 Å². The first-order valence-corrected chi connectivity index (χ1v) is 7.62. The fourth-order valence-electron chi connectivity index (χ4n) is 3.03. The Morgan fingerprint density at radius 3 is 2.84 bits per heavy atom. The van der Waals surface area contributed by atoms with Gasteiger partial charge in [-0.05, 0) is 36.0 Å². The lowest BCUT2D eigenvalue weighted by molar-refractivity contribution is -0.118. The predicted octanol–water partition coefficient (Wildman–Crippen LogP) is 4.07. The minimum atomic E-state index is 0.124. The van der Waals surface area contributed by atoms with Crippen LogP contribution in [0.5, 0.6) is 0 Å². The molecule has 1 amide bonds. The average molecular weight is 278 g/mol. The van der Waals surface area contributed by atoms with Gasteiger partial charge in [0.15, 0.2) is 0 Å². The number of hydrogen-bond donors (Lipinski definition) is 0. The van der Waals surface area contributed by atoms with Crippen molar-refractivity contribution in [2.24, 2.45) is 5.92 Å². The van der Waals surface area contributed by atoms with Gasteiger partial charge < -0.3 is 4.90 Å². The number of carbonyl (C=O) groups excluding carboxylic acids is 1. The monoisotopic (exact) mass is 277 g/mol. The van der Waals surface area contributed by atoms with Crippen LogP contribution in [-0.2, 0) is 11.2 Å². The first-order chi connectivity index (χ1) is 9.15. The van der Waals surface area contributed by atoms with Crippen molar-refractivity contribution in [1.82, 2.24) is 0 Å². The molecular weight excluding hydrogens is 258 g/mol. The van der Waals surface area contributed by atoms with Crippen molar-refractivity contribution >= 4 is 23.2 Å². The van der Waals surface area contributed by atoms with E-state index in [1.807, 2.05) is 7.05 Å². The quantitative estimate of drug-likeness (QED) is 0.763. The summed E-state index contributed by atoms with van der Waals surface area (Å²) in [5, 5.41) is 0.124. The normalized spacial score (nSPS) is 20.9. The Kier molecular flexibility index (Phi) is 3.53. The molecule has 1 unspecified atom stereocenters. The van der Waals surface area contributed by atoms with E-state index >= 15 is 0 Å². The molecule has 0 radical (unpaired) electrons. The lowest BCUT2D eigenvalue weighted by Crippen LogP contribution is -2.31. The summed E-state index contributed by atoms with van der Waals surface area (Å²) in [5.74, 6) is 1.03. The van der Waals surface area contributed by atoms with E-state index in [4.69, 9.17) is 11.6 Å². The Labute approximate surface area is 119 Å².